The maximum Gasteiger partial charge on any atom is 0.167 e. The molecule has 0 atom stereocenters. The average Bonchev–Trinajstić information content (AvgIpc) is 2.81. The second-order valence-electron chi connectivity index (χ2n) is 5.11. The van der Waals surface area contributed by atoms with Crippen LogP contribution in [0.25, 0.3) is 22.3 Å². The fourth-order valence-corrected chi connectivity index (χ4v) is 2.14. The lowest BCUT2D eigenvalue weighted by Gasteiger charge is -2.10. The fraction of sp³-hybridized carbons (Fsp3) is 0.267. The topological polar surface area (TPSA) is 63.7 Å². The average molecular weight is 286 g/mol. The molecule has 2 aromatic heterocycles. The number of benzene rings is 1. The van der Waals surface area contributed by atoms with Crippen molar-refractivity contribution in [2.75, 3.05) is 0 Å². The molecule has 1 aromatic carbocycles. The van der Waals surface area contributed by atoms with E-state index < -0.39 is 5.82 Å². The van der Waals surface area contributed by atoms with E-state index in [1.807, 2.05) is 26.8 Å². The number of ether oxygens (including phenoxy) is 1. The molecule has 0 aliphatic carbocycles. The highest BCUT2D eigenvalue weighted by atomic mass is 19.1. The minimum absolute atomic E-state index is 0.103. The zero-order valence-corrected chi connectivity index (χ0v) is 12.0. The Labute approximate surface area is 121 Å². The van der Waals surface area contributed by atoms with Gasteiger partial charge in [0.15, 0.2) is 11.6 Å². The molecule has 0 aliphatic heterocycles. The van der Waals surface area contributed by atoms with Crippen molar-refractivity contribution in [2.24, 2.45) is 0 Å². The van der Waals surface area contributed by atoms with Crippen LogP contribution in [0.15, 0.2) is 24.5 Å². The largest absolute Gasteiger partial charge is 0.488 e. The molecule has 6 heteroatoms. The van der Waals surface area contributed by atoms with E-state index in [-0.39, 0.29) is 11.9 Å². The highest BCUT2D eigenvalue weighted by molar-refractivity contribution is 5.93. The normalized spacial score (nSPS) is 11.3. The number of fused-ring (bicyclic) bond motifs is 1. The van der Waals surface area contributed by atoms with Crippen molar-refractivity contribution in [3.05, 3.63) is 36.0 Å². The van der Waals surface area contributed by atoms with E-state index >= 15 is 0 Å². The van der Waals surface area contributed by atoms with Crippen LogP contribution in [0.5, 0.6) is 5.75 Å². The molecule has 108 valence electrons. The molecule has 1 N–H and O–H groups in total. The van der Waals surface area contributed by atoms with Gasteiger partial charge < -0.3 is 4.74 Å². The summed E-state index contributed by atoms with van der Waals surface area (Å²) in [6, 6.07) is 4.88. The van der Waals surface area contributed by atoms with E-state index in [4.69, 9.17) is 4.74 Å². The summed E-state index contributed by atoms with van der Waals surface area (Å²) in [5.74, 6) is -0.198. The number of rotatable bonds is 3. The second kappa shape index (κ2) is 5.12. The van der Waals surface area contributed by atoms with E-state index in [0.717, 1.165) is 11.1 Å². The molecule has 0 aliphatic rings. The summed E-state index contributed by atoms with van der Waals surface area (Å²) < 4.78 is 19.4. The van der Waals surface area contributed by atoms with Gasteiger partial charge in [-0.05, 0) is 32.9 Å². The minimum atomic E-state index is -0.412. The van der Waals surface area contributed by atoms with Crippen molar-refractivity contribution in [3.63, 3.8) is 0 Å². The van der Waals surface area contributed by atoms with Gasteiger partial charge in [0.05, 0.1) is 17.3 Å². The molecule has 0 spiro atoms. The van der Waals surface area contributed by atoms with Crippen LogP contribution in [-0.2, 0) is 0 Å². The van der Waals surface area contributed by atoms with Crippen LogP contribution in [0.3, 0.4) is 0 Å². The number of hydrogen-bond donors (Lipinski definition) is 1. The van der Waals surface area contributed by atoms with Crippen molar-refractivity contribution in [1.29, 1.82) is 0 Å². The standard InChI is InChI=1S/C15H15FN4O/c1-8(2)21-14-5-10-12(6-11(14)16)19-20-15(10)13-4-9(3)17-7-18-13/h4-8H,1-3H3,(H,19,20). The Kier molecular flexibility index (Phi) is 3.29. The first kappa shape index (κ1) is 13.5. The summed E-state index contributed by atoms with van der Waals surface area (Å²) in [6.07, 6.45) is 1.38. The molecule has 0 radical (unpaired) electrons. The smallest absolute Gasteiger partial charge is 0.167 e. The summed E-state index contributed by atoms with van der Waals surface area (Å²) in [5.41, 5.74) is 2.80. The highest BCUT2D eigenvalue weighted by Crippen LogP contribution is 2.30. The van der Waals surface area contributed by atoms with Crippen molar-refractivity contribution in [2.45, 2.75) is 26.9 Å². The van der Waals surface area contributed by atoms with E-state index in [2.05, 4.69) is 20.2 Å². The molecule has 5 nitrogen and oxygen atoms in total. The zero-order chi connectivity index (χ0) is 15.0. The summed E-state index contributed by atoms with van der Waals surface area (Å²) in [5, 5.41) is 7.82. The van der Waals surface area contributed by atoms with Crippen LogP contribution in [0.1, 0.15) is 19.5 Å². The van der Waals surface area contributed by atoms with Gasteiger partial charge in [0, 0.05) is 17.1 Å². The summed E-state index contributed by atoms with van der Waals surface area (Å²) in [7, 11) is 0. The number of aromatic nitrogens is 4. The van der Waals surface area contributed by atoms with Gasteiger partial charge in [-0.15, -0.1) is 0 Å². The van der Waals surface area contributed by atoms with Crippen LogP contribution in [0.4, 0.5) is 4.39 Å². The van der Waals surface area contributed by atoms with Gasteiger partial charge in [0.2, 0.25) is 0 Å². The van der Waals surface area contributed by atoms with Crippen LogP contribution in [0, 0.1) is 12.7 Å². The molecule has 0 fully saturated rings. The molecule has 0 amide bonds. The third kappa shape index (κ3) is 2.56. The molecule has 0 bridgehead atoms. The van der Waals surface area contributed by atoms with Crippen LogP contribution in [0.2, 0.25) is 0 Å². The van der Waals surface area contributed by atoms with Gasteiger partial charge >= 0.3 is 0 Å². The van der Waals surface area contributed by atoms with E-state index in [1.54, 1.807) is 6.07 Å². The number of hydrogen-bond acceptors (Lipinski definition) is 4. The van der Waals surface area contributed by atoms with E-state index in [9.17, 15) is 4.39 Å². The number of halogens is 1. The van der Waals surface area contributed by atoms with Crippen molar-refractivity contribution in [3.8, 4) is 17.1 Å². The molecule has 3 aromatic rings. The summed E-state index contributed by atoms with van der Waals surface area (Å²) >= 11 is 0. The van der Waals surface area contributed by atoms with Crippen molar-refractivity contribution in [1.82, 2.24) is 20.2 Å². The monoisotopic (exact) mass is 286 g/mol. The lowest BCUT2D eigenvalue weighted by molar-refractivity contribution is 0.231. The SMILES string of the molecule is Cc1cc(-c2n[nH]c3cc(F)c(OC(C)C)cc23)ncn1. The minimum Gasteiger partial charge on any atom is -0.488 e. The molecule has 2 heterocycles. The molecule has 0 unspecified atom stereocenters. The Balaban J connectivity index is 2.16. The molecule has 21 heavy (non-hydrogen) atoms. The summed E-state index contributed by atoms with van der Waals surface area (Å²) in [6.45, 7) is 5.59. The first-order valence-corrected chi connectivity index (χ1v) is 6.68. The summed E-state index contributed by atoms with van der Waals surface area (Å²) in [4.78, 5) is 8.28. The number of nitrogens with zero attached hydrogens (tertiary/aromatic N) is 3. The molecule has 0 saturated carbocycles. The zero-order valence-electron chi connectivity index (χ0n) is 12.0. The van der Waals surface area contributed by atoms with Gasteiger partial charge in [-0.1, -0.05) is 0 Å². The fourth-order valence-electron chi connectivity index (χ4n) is 2.14. The van der Waals surface area contributed by atoms with E-state index in [1.165, 1.54) is 12.4 Å². The first-order chi connectivity index (χ1) is 10.0. The lowest BCUT2D eigenvalue weighted by atomic mass is 10.1. The quantitative estimate of drug-likeness (QED) is 0.802. The van der Waals surface area contributed by atoms with E-state index in [0.29, 0.717) is 16.9 Å². The van der Waals surface area contributed by atoms with Crippen LogP contribution < -0.4 is 4.74 Å². The maximum atomic E-state index is 14.0. The predicted molar refractivity (Wildman–Crippen MR) is 77.6 cm³/mol. The maximum absolute atomic E-state index is 14.0. The van der Waals surface area contributed by atoms with Gasteiger partial charge in [-0.25, -0.2) is 14.4 Å². The second-order valence-corrected chi connectivity index (χ2v) is 5.11. The Bertz CT molecular complexity index is 797. The number of nitrogens with one attached hydrogen (secondary N) is 1. The first-order valence-electron chi connectivity index (χ1n) is 6.68. The van der Waals surface area contributed by atoms with Crippen molar-refractivity contribution >= 4 is 10.9 Å². The lowest BCUT2D eigenvalue weighted by Crippen LogP contribution is -2.06. The molecule has 3 rings (SSSR count). The number of H-pyrrole nitrogens is 1. The van der Waals surface area contributed by atoms with Crippen LogP contribution in [-0.4, -0.2) is 26.3 Å². The Morgan fingerprint density at radius 1 is 1.19 bits per heavy atom. The molecule has 0 saturated heterocycles. The Morgan fingerprint density at radius 3 is 2.71 bits per heavy atom. The van der Waals surface area contributed by atoms with Crippen molar-refractivity contribution < 1.29 is 9.13 Å². The third-order valence-corrected chi connectivity index (χ3v) is 3.02. The Hall–Kier alpha value is -2.50. The number of aromatic amines is 1. The van der Waals surface area contributed by atoms with Crippen LogP contribution >= 0.6 is 0 Å². The van der Waals surface area contributed by atoms with Gasteiger partial charge in [0.1, 0.15) is 12.0 Å². The van der Waals surface area contributed by atoms with Gasteiger partial charge in [0.25, 0.3) is 0 Å². The molecular formula is C15H15FN4O. The van der Waals surface area contributed by atoms with Gasteiger partial charge in [-0.3, -0.25) is 5.10 Å². The predicted octanol–water partition coefficient (Wildman–Crippen LogP) is 3.25. The molecular weight excluding hydrogens is 271 g/mol. The van der Waals surface area contributed by atoms with Gasteiger partial charge in [-0.2, -0.15) is 5.10 Å². The Morgan fingerprint density at radius 2 is 2.00 bits per heavy atom. The number of aryl methyl sites for hydroxylation is 1. The third-order valence-electron chi connectivity index (χ3n) is 3.02. The highest BCUT2D eigenvalue weighted by Gasteiger charge is 2.15.